The van der Waals surface area contributed by atoms with Gasteiger partial charge in [-0.05, 0) is 56.7 Å². The van der Waals surface area contributed by atoms with Gasteiger partial charge >= 0.3 is 5.97 Å². The van der Waals surface area contributed by atoms with Crippen LogP contribution in [0.25, 0.3) is 0 Å². The molecule has 0 radical (unpaired) electrons. The molecular formula is C21H31NO5. The Hall–Kier alpha value is -2.24. The van der Waals surface area contributed by atoms with Crippen molar-refractivity contribution >= 4 is 11.9 Å². The quantitative estimate of drug-likeness (QED) is 0.624. The van der Waals surface area contributed by atoms with E-state index in [2.05, 4.69) is 6.92 Å². The molecule has 1 fully saturated rings. The SMILES string of the molecule is CCCCOc1ccc(C(=O)N2CCCC(CCC(=O)O)C2)cc1OCC. The number of benzene rings is 1. The van der Waals surface area contributed by atoms with Crippen molar-refractivity contribution in [1.82, 2.24) is 4.90 Å². The summed E-state index contributed by atoms with van der Waals surface area (Å²) in [5.74, 6) is 0.704. The van der Waals surface area contributed by atoms with Gasteiger partial charge in [-0.2, -0.15) is 0 Å². The van der Waals surface area contributed by atoms with Crippen LogP contribution in [0.3, 0.4) is 0 Å². The predicted molar refractivity (Wildman–Crippen MR) is 104 cm³/mol. The summed E-state index contributed by atoms with van der Waals surface area (Å²) in [5, 5.41) is 8.88. The molecule has 0 aromatic heterocycles. The number of amides is 1. The number of likely N-dealkylation sites (tertiary alicyclic amines) is 1. The number of aliphatic carboxylic acids is 1. The Balaban J connectivity index is 2.05. The van der Waals surface area contributed by atoms with Crippen molar-refractivity contribution in [3.05, 3.63) is 23.8 Å². The van der Waals surface area contributed by atoms with Gasteiger partial charge in [-0.1, -0.05) is 13.3 Å². The van der Waals surface area contributed by atoms with Gasteiger partial charge in [0.2, 0.25) is 0 Å². The molecule has 1 atom stereocenters. The molecule has 1 amide bonds. The number of rotatable bonds is 10. The first-order chi connectivity index (χ1) is 13.0. The van der Waals surface area contributed by atoms with Crippen LogP contribution in [0.2, 0.25) is 0 Å². The lowest BCUT2D eigenvalue weighted by Crippen LogP contribution is -2.40. The summed E-state index contributed by atoms with van der Waals surface area (Å²) in [6.07, 6.45) is 4.69. The molecule has 0 saturated carbocycles. The van der Waals surface area contributed by atoms with Crippen molar-refractivity contribution in [2.45, 2.75) is 52.4 Å². The van der Waals surface area contributed by atoms with Gasteiger partial charge in [-0.3, -0.25) is 9.59 Å². The first-order valence-electron chi connectivity index (χ1n) is 9.95. The van der Waals surface area contributed by atoms with Crippen molar-refractivity contribution in [3.63, 3.8) is 0 Å². The summed E-state index contributed by atoms with van der Waals surface area (Å²) < 4.78 is 11.4. The van der Waals surface area contributed by atoms with Crippen LogP contribution < -0.4 is 9.47 Å². The molecule has 27 heavy (non-hydrogen) atoms. The fourth-order valence-corrected chi connectivity index (χ4v) is 3.35. The second kappa shape index (κ2) is 10.8. The van der Waals surface area contributed by atoms with E-state index < -0.39 is 5.97 Å². The van der Waals surface area contributed by atoms with Crippen LogP contribution in [0.1, 0.15) is 62.7 Å². The van der Waals surface area contributed by atoms with Gasteiger partial charge in [-0.15, -0.1) is 0 Å². The van der Waals surface area contributed by atoms with E-state index in [9.17, 15) is 9.59 Å². The summed E-state index contributed by atoms with van der Waals surface area (Å²) in [4.78, 5) is 25.6. The Bertz CT molecular complexity index is 631. The zero-order valence-electron chi connectivity index (χ0n) is 16.4. The molecule has 0 bridgehead atoms. The monoisotopic (exact) mass is 377 g/mol. The first kappa shape index (κ1) is 21.1. The number of piperidine rings is 1. The molecule has 1 heterocycles. The van der Waals surface area contributed by atoms with Gasteiger partial charge in [-0.25, -0.2) is 0 Å². The third-order valence-electron chi connectivity index (χ3n) is 4.82. The van der Waals surface area contributed by atoms with Gasteiger partial charge < -0.3 is 19.5 Å². The number of carboxylic acids is 1. The molecule has 2 rings (SSSR count). The Labute approximate surface area is 161 Å². The highest BCUT2D eigenvalue weighted by atomic mass is 16.5. The van der Waals surface area contributed by atoms with Crippen LogP contribution in [0.15, 0.2) is 18.2 Å². The van der Waals surface area contributed by atoms with E-state index in [-0.39, 0.29) is 18.2 Å². The van der Waals surface area contributed by atoms with E-state index in [0.717, 1.165) is 25.7 Å². The van der Waals surface area contributed by atoms with E-state index in [1.807, 2.05) is 11.8 Å². The van der Waals surface area contributed by atoms with E-state index in [4.69, 9.17) is 14.6 Å². The Morgan fingerprint density at radius 1 is 1.22 bits per heavy atom. The maximum Gasteiger partial charge on any atom is 0.303 e. The highest BCUT2D eigenvalue weighted by molar-refractivity contribution is 5.95. The van der Waals surface area contributed by atoms with E-state index in [1.54, 1.807) is 18.2 Å². The van der Waals surface area contributed by atoms with Crippen molar-refractivity contribution in [1.29, 1.82) is 0 Å². The number of carbonyl (C=O) groups is 2. The number of hydrogen-bond acceptors (Lipinski definition) is 4. The van der Waals surface area contributed by atoms with Crippen molar-refractivity contribution < 1.29 is 24.2 Å². The summed E-state index contributed by atoms with van der Waals surface area (Å²) in [6.45, 7) is 6.47. The molecule has 0 aliphatic carbocycles. The Morgan fingerprint density at radius 3 is 2.74 bits per heavy atom. The summed E-state index contributed by atoms with van der Waals surface area (Å²) in [6, 6.07) is 5.35. The fraction of sp³-hybridized carbons (Fsp3) is 0.619. The normalized spacial score (nSPS) is 16.8. The summed E-state index contributed by atoms with van der Waals surface area (Å²) in [7, 11) is 0. The number of hydrogen-bond donors (Lipinski definition) is 1. The van der Waals surface area contributed by atoms with Crippen LogP contribution >= 0.6 is 0 Å². The minimum atomic E-state index is -0.779. The third kappa shape index (κ3) is 6.45. The maximum atomic E-state index is 12.9. The van der Waals surface area contributed by atoms with Crippen molar-refractivity contribution in [3.8, 4) is 11.5 Å². The number of nitrogens with zero attached hydrogens (tertiary/aromatic N) is 1. The highest BCUT2D eigenvalue weighted by Crippen LogP contribution is 2.30. The molecule has 1 aliphatic heterocycles. The molecule has 1 aromatic carbocycles. The second-order valence-corrected chi connectivity index (χ2v) is 6.99. The highest BCUT2D eigenvalue weighted by Gasteiger charge is 2.25. The van der Waals surface area contributed by atoms with E-state index >= 15 is 0 Å². The number of ether oxygens (including phenoxy) is 2. The Morgan fingerprint density at radius 2 is 2.04 bits per heavy atom. The van der Waals surface area contributed by atoms with Crippen LogP contribution in [-0.4, -0.2) is 48.2 Å². The zero-order chi connectivity index (χ0) is 19.6. The average molecular weight is 377 g/mol. The van der Waals surface area contributed by atoms with Crippen LogP contribution in [0.4, 0.5) is 0 Å². The number of carboxylic acid groups (broad SMARTS) is 1. The van der Waals surface area contributed by atoms with Gasteiger partial charge in [0.15, 0.2) is 11.5 Å². The third-order valence-corrected chi connectivity index (χ3v) is 4.82. The summed E-state index contributed by atoms with van der Waals surface area (Å²) in [5.41, 5.74) is 0.583. The van der Waals surface area contributed by atoms with E-state index in [1.165, 1.54) is 0 Å². The predicted octanol–water partition coefficient (Wildman–Crippen LogP) is 3.98. The maximum absolute atomic E-state index is 12.9. The van der Waals surface area contributed by atoms with Gasteiger partial charge in [0, 0.05) is 25.1 Å². The Kier molecular flexibility index (Phi) is 8.43. The summed E-state index contributed by atoms with van der Waals surface area (Å²) >= 11 is 0. The van der Waals surface area contributed by atoms with Gasteiger partial charge in [0.1, 0.15) is 0 Å². The largest absolute Gasteiger partial charge is 0.490 e. The minimum Gasteiger partial charge on any atom is -0.490 e. The number of carbonyl (C=O) groups excluding carboxylic acids is 1. The molecule has 1 N–H and O–H groups in total. The molecule has 1 aliphatic rings. The minimum absolute atomic E-state index is 0.0314. The molecule has 0 spiro atoms. The topological polar surface area (TPSA) is 76.1 Å². The first-order valence-corrected chi connectivity index (χ1v) is 9.95. The fourth-order valence-electron chi connectivity index (χ4n) is 3.35. The van der Waals surface area contributed by atoms with Crippen molar-refractivity contribution in [2.75, 3.05) is 26.3 Å². The lowest BCUT2D eigenvalue weighted by Gasteiger charge is -2.32. The average Bonchev–Trinajstić information content (AvgIpc) is 2.67. The lowest BCUT2D eigenvalue weighted by atomic mass is 9.93. The van der Waals surface area contributed by atoms with Crippen LogP contribution in [0.5, 0.6) is 11.5 Å². The standard InChI is InChI=1S/C21H31NO5/c1-3-5-13-27-18-10-9-17(14-19(18)26-4-2)21(25)22-12-6-7-16(15-22)8-11-20(23)24/h9-10,14,16H,3-8,11-13,15H2,1-2H3,(H,23,24). The van der Waals surface area contributed by atoms with Crippen molar-refractivity contribution in [2.24, 2.45) is 5.92 Å². The lowest BCUT2D eigenvalue weighted by molar-refractivity contribution is -0.137. The molecule has 1 aromatic rings. The van der Waals surface area contributed by atoms with Gasteiger partial charge in [0.05, 0.1) is 13.2 Å². The molecule has 150 valence electrons. The van der Waals surface area contributed by atoms with E-state index in [0.29, 0.717) is 49.8 Å². The van der Waals surface area contributed by atoms with Crippen LogP contribution in [0, 0.1) is 5.92 Å². The zero-order valence-corrected chi connectivity index (χ0v) is 16.4. The molecule has 6 heteroatoms. The molecular weight excluding hydrogens is 346 g/mol. The smallest absolute Gasteiger partial charge is 0.303 e. The number of unbranched alkanes of at least 4 members (excludes halogenated alkanes) is 1. The van der Waals surface area contributed by atoms with Gasteiger partial charge in [0.25, 0.3) is 5.91 Å². The molecule has 6 nitrogen and oxygen atoms in total. The molecule has 1 saturated heterocycles. The van der Waals surface area contributed by atoms with Crippen LogP contribution in [-0.2, 0) is 4.79 Å². The second-order valence-electron chi connectivity index (χ2n) is 6.99. The molecule has 1 unspecified atom stereocenters.